The Kier molecular flexibility index (Phi) is 4.71. The lowest BCUT2D eigenvalue weighted by Crippen LogP contribution is -2.46. The smallest absolute Gasteiger partial charge is 0.235 e. The van der Waals surface area contributed by atoms with E-state index in [9.17, 15) is 9.18 Å². The number of anilines is 1. The zero-order chi connectivity index (χ0) is 19.7. The summed E-state index contributed by atoms with van der Waals surface area (Å²) in [4.78, 5) is 17.4. The summed E-state index contributed by atoms with van der Waals surface area (Å²) < 4.78 is 13.1. The van der Waals surface area contributed by atoms with Crippen LogP contribution >= 0.6 is 0 Å². The molecule has 1 aromatic heterocycles. The first-order valence-corrected chi connectivity index (χ1v) is 9.57. The molecular formula is C22H23FN4O. The van der Waals surface area contributed by atoms with Crippen molar-refractivity contribution < 1.29 is 9.18 Å². The molecule has 0 saturated heterocycles. The maximum atomic E-state index is 13.1. The van der Waals surface area contributed by atoms with Gasteiger partial charge in [0.1, 0.15) is 5.82 Å². The average molecular weight is 378 g/mol. The first-order chi connectivity index (χ1) is 13.5. The molecule has 144 valence electrons. The van der Waals surface area contributed by atoms with Crippen molar-refractivity contribution in [2.45, 2.75) is 37.5 Å². The molecule has 0 spiro atoms. The number of carbonyl (C=O) groups is 1. The third-order valence-corrected chi connectivity index (χ3v) is 5.68. The highest BCUT2D eigenvalue weighted by molar-refractivity contribution is 6.01. The molecule has 2 aliphatic rings. The van der Waals surface area contributed by atoms with E-state index in [0.717, 1.165) is 37.7 Å². The zero-order valence-electron chi connectivity index (χ0n) is 15.5. The van der Waals surface area contributed by atoms with Crippen molar-refractivity contribution in [1.82, 2.24) is 4.98 Å². The van der Waals surface area contributed by atoms with Crippen LogP contribution in [0.2, 0.25) is 0 Å². The summed E-state index contributed by atoms with van der Waals surface area (Å²) in [5.41, 5.74) is 8.55. The summed E-state index contributed by atoms with van der Waals surface area (Å²) in [6.07, 6.45) is 7.97. The summed E-state index contributed by atoms with van der Waals surface area (Å²) >= 11 is 0. The maximum Gasteiger partial charge on any atom is 0.235 e. The summed E-state index contributed by atoms with van der Waals surface area (Å²) in [5.74, 6) is -0.0956. The number of nitrogens with one attached hydrogen (secondary N) is 2. The number of hydrogen-bond acceptors (Lipinski definition) is 4. The van der Waals surface area contributed by atoms with Crippen LogP contribution in [0.4, 0.5) is 10.1 Å². The van der Waals surface area contributed by atoms with E-state index in [1.807, 2.05) is 12.1 Å². The SMILES string of the molecule is N=C(/C=C(\N)c1ccc(C2(C(=O)Nc3ccc(F)cc3)CCC2)cn1)C1CC1. The standard InChI is InChI=1S/C22H23FN4O/c23-16-5-7-17(8-6-16)27-21(28)22(10-1-11-22)15-4-9-20(26-13-15)19(25)12-18(24)14-2-3-14/h4-9,12-14,24H,1-3,10-11,25H2,(H,27,28)/b19-12-,24-18?. The van der Waals surface area contributed by atoms with Gasteiger partial charge in [-0.1, -0.05) is 12.5 Å². The number of pyridine rings is 1. The zero-order valence-corrected chi connectivity index (χ0v) is 15.5. The molecule has 2 aromatic rings. The molecule has 2 saturated carbocycles. The van der Waals surface area contributed by atoms with Crippen molar-refractivity contribution in [3.8, 4) is 0 Å². The molecule has 4 N–H and O–H groups in total. The first-order valence-electron chi connectivity index (χ1n) is 9.57. The minimum absolute atomic E-state index is 0.0982. The maximum absolute atomic E-state index is 13.1. The fourth-order valence-corrected chi connectivity index (χ4v) is 3.56. The van der Waals surface area contributed by atoms with Crippen LogP contribution in [0.25, 0.3) is 5.70 Å². The number of nitrogens with zero attached hydrogens (tertiary/aromatic N) is 1. The first kappa shape index (κ1) is 18.3. The topological polar surface area (TPSA) is 91.9 Å². The second-order valence-electron chi connectivity index (χ2n) is 7.66. The van der Waals surface area contributed by atoms with Gasteiger partial charge in [-0.3, -0.25) is 9.78 Å². The van der Waals surface area contributed by atoms with E-state index in [-0.39, 0.29) is 11.7 Å². The van der Waals surface area contributed by atoms with Gasteiger partial charge in [-0.05, 0) is 67.7 Å². The van der Waals surface area contributed by atoms with Crippen LogP contribution in [0, 0.1) is 17.1 Å². The molecule has 0 aliphatic heterocycles. The average Bonchev–Trinajstić information content (AvgIpc) is 3.48. The molecule has 0 atom stereocenters. The lowest BCUT2D eigenvalue weighted by Gasteiger charge is -2.40. The van der Waals surface area contributed by atoms with Gasteiger partial charge in [-0.25, -0.2) is 4.39 Å². The molecule has 5 nitrogen and oxygen atoms in total. The van der Waals surface area contributed by atoms with E-state index in [1.54, 1.807) is 24.4 Å². The second kappa shape index (κ2) is 7.19. The van der Waals surface area contributed by atoms with Gasteiger partial charge >= 0.3 is 0 Å². The number of nitrogens with two attached hydrogens (primary N) is 1. The Morgan fingerprint density at radius 2 is 1.93 bits per heavy atom. The van der Waals surface area contributed by atoms with Crippen LogP contribution in [0.1, 0.15) is 43.4 Å². The number of rotatable bonds is 6. The molecule has 1 heterocycles. The van der Waals surface area contributed by atoms with Gasteiger partial charge in [-0.15, -0.1) is 0 Å². The molecule has 2 aliphatic carbocycles. The van der Waals surface area contributed by atoms with Gasteiger partial charge in [0.05, 0.1) is 16.8 Å². The number of amides is 1. The van der Waals surface area contributed by atoms with E-state index < -0.39 is 5.41 Å². The molecule has 1 amide bonds. The van der Waals surface area contributed by atoms with Gasteiger partial charge in [-0.2, -0.15) is 0 Å². The molecule has 0 bridgehead atoms. The van der Waals surface area contributed by atoms with Crippen molar-refractivity contribution in [1.29, 1.82) is 5.41 Å². The van der Waals surface area contributed by atoms with Gasteiger partial charge in [0.2, 0.25) is 5.91 Å². The van der Waals surface area contributed by atoms with Gasteiger partial charge in [0, 0.05) is 23.5 Å². The normalized spacial score (nSPS) is 18.2. The van der Waals surface area contributed by atoms with Crippen molar-refractivity contribution in [2.75, 3.05) is 5.32 Å². The summed E-state index contributed by atoms with van der Waals surface area (Å²) in [5, 5.41) is 10.9. The number of hydrogen-bond donors (Lipinski definition) is 3. The van der Waals surface area contributed by atoms with Crippen molar-refractivity contribution >= 4 is 23.0 Å². The van der Waals surface area contributed by atoms with Gasteiger partial charge in [0.15, 0.2) is 0 Å². The highest BCUT2D eigenvalue weighted by Crippen LogP contribution is 2.44. The second-order valence-corrected chi connectivity index (χ2v) is 7.66. The number of halogens is 1. The predicted octanol–water partition coefficient (Wildman–Crippen LogP) is 4.01. The van der Waals surface area contributed by atoms with E-state index >= 15 is 0 Å². The Labute approximate surface area is 163 Å². The molecule has 28 heavy (non-hydrogen) atoms. The van der Waals surface area contributed by atoms with Crippen LogP contribution in [0.5, 0.6) is 0 Å². The van der Waals surface area contributed by atoms with E-state index in [4.69, 9.17) is 11.1 Å². The number of allylic oxidation sites excluding steroid dienone is 1. The molecule has 6 heteroatoms. The minimum Gasteiger partial charge on any atom is -0.397 e. The summed E-state index contributed by atoms with van der Waals surface area (Å²) in [7, 11) is 0. The van der Waals surface area contributed by atoms with Crippen molar-refractivity contribution in [3.63, 3.8) is 0 Å². The Bertz CT molecular complexity index is 926. The van der Waals surface area contributed by atoms with Crippen LogP contribution in [-0.2, 0) is 10.2 Å². The van der Waals surface area contributed by atoms with Gasteiger partial charge < -0.3 is 16.5 Å². The van der Waals surface area contributed by atoms with Crippen LogP contribution in [-0.4, -0.2) is 16.6 Å². The fourth-order valence-electron chi connectivity index (χ4n) is 3.56. The quantitative estimate of drug-likeness (QED) is 0.663. The molecule has 0 unspecified atom stereocenters. The van der Waals surface area contributed by atoms with Crippen LogP contribution in [0.3, 0.4) is 0 Å². The van der Waals surface area contributed by atoms with Crippen LogP contribution < -0.4 is 11.1 Å². The number of aromatic nitrogens is 1. The molecular weight excluding hydrogens is 355 g/mol. The Hall–Kier alpha value is -3.02. The van der Waals surface area contributed by atoms with Crippen LogP contribution in [0.15, 0.2) is 48.7 Å². The molecule has 0 radical (unpaired) electrons. The lowest BCUT2D eigenvalue weighted by atomic mass is 9.64. The number of benzene rings is 1. The van der Waals surface area contributed by atoms with Gasteiger partial charge in [0.25, 0.3) is 0 Å². The third kappa shape index (κ3) is 3.54. The third-order valence-electron chi connectivity index (χ3n) is 5.68. The summed E-state index contributed by atoms with van der Waals surface area (Å²) in [6.45, 7) is 0. The molecule has 2 fully saturated rings. The van der Waals surface area contributed by atoms with Crippen molar-refractivity contribution in [2.24, 2.45) is 11.7 Å². The predicted molar refractivity (Wildman–Crippen MR) is 107 cm³/mol. The monoisotopic (exact) mass is 378 g/mol. The Morgan fingerprint density at radius 3 is 2.46 bits per heavy atom. The number of carbonyl (C=O) groups excluding carboxylic acids is 1. The molecule has 1 aromatic carbocycles. The van der Waals surface area contributed by atoms with E-state index in [2.05, 4.69) is 10.3 Å². The van der Waals surface area contributed by atoms with E-state index in [0.29, 0.717) is 28.7 Å². The molecule has 4 rings (SSSR count). The minimum atomic E-state index is -0.612. The fraction of sp³-hybridized carbons (Fsp3) is 0.318. The Morgan fingerprint density at radius 1 is 1.21 bits per heavy atom. The summed E-state index contributed by atoms with van der Waals surface area (Å²) in [6, 6.07) is 9.48. The Balaban J connectivity index is 1.51. The highest BCUT2D eigenvalue weighted by Gasteiger charge is 2.45. The highest BCUT2D eigenvalue weighted by atomic mass is 19.1. The van der Waals surface area contributed by atoms with Crippen molar-refractivity contribution in [3.05, 3.63) is 65.7 Å². The largest absolute Gasteiger partial charge is 0.397 e. The van der Waals surface area contributed by atoms with E-state index in [1.165, 1.54) is 12.1 Å². The lowest BCUT2D eigenvalue weighted by molar-refractivity contribution is -0.124.